The van der Waals surface area contributed by atoms with Crippen molar-refractivity contribution >= 4 is 5.91 Å². The molecule has 3 fully saturated rings. The van der Waals surface area contributed by atoms with Crippen LogP contribution in [0.1, 0.15) is 316 Å². The quantitative estimate of drug-likeness (QED) is 0.0199. The minimum absolute atomic E-state index is 0.212. The molecular formula is C95H161NO18. The van der Waals surface area contributed by atoms with Crippen LogP contribution in [0.15, 0.2) is 146 Å². The summed E-state index contributed by atoms with van der Waals surface area (Å²) in [6.07, 6.45) is 79.8. The van der Waals surface area contributed by atoms with Crippen molar-refractivity contribution in [2.75, 3.05) is 26.4 Å². The maximum absolute atomic E-state index is 13.5. The third kappa shape index (κ3) is 50.6. The van der Waals surface area contributed by atoms with Crippen LogP contribution >= 0.6 is 0 Å². The van der Waals surface area contributed by atoms with Crippen LogP contribution in [-0.2, 0) is 33.2 Å². The maximum Gasteiger partial charge on any atom is 0.220 e. The molecule has 3 saturated heterocycles. The fourth-order valence-electron chi connectivity index (χ4n) is 14.3. The number of ether oxygens (including phenoxy) is 6. The van der Waals surface area contributed by atoms with E-state index in [0.29, 0.717) is 6.42 Å². The molecular weight excluding hydrogens is 1440 g/mol. The van der Waals surface area contributed by atoms with Gasteiger partial charge >= 0.3 is 0 Å². The minimum Gasteiger partial charge on any atom is -0.394 e. The van der Waals surface area contributed by atoms with Gasteiger partial charge in [-0.3, -0.25) is 4.79 Å². The van der Waals surface area contributed by atoms with E-state index >= 15 is 0 Å². The van der Waals surface area contributed by atoms with E-state index in [0.717, 1.165) is 128 Å². The maximum atomic E-state index is 13.5. The van der Waals surface area contributed by atoms with Crippen molar-refractivity contribution in [2.24, 2.45) is 0 Å². The SMILES string of the molecule is CC/C=C\C/C=C\C/C=C\C/C=C\C/C=C\C/C=C\C/C=C\C/C=C\C/C=C\C/C=C\C/C=C\CCCCCCCC(=O)NC(COC1OC(CO)C(OC2OC(CO)C(OC3OC(CO)C(O)C(O)C3O)C(O)C2O)C(O)C1O)C(O)/C=C/CCCCCCCCCCCCCCCCCCCCCCCCCCCCCC. The molecule has 19 heteroatoms. The number of aliphatic hydroxyl groups is 11. The standard InChI is InChI=1S/C95H161NO18/c1-3-5-7-9-11-13-15-17-19-21-23-25-27-29-31-33-35-36-37-38-39-40-41-42-43-45-47-49-51-53-55-57-59-61-63-65-67-69-71-73-83(101)96-78(79(100)72-70-68-66-64-62-60-58-56-54-52-50-48-46-44-34-32-30-28-26-24-22-20-18-16-14-12-10-8-6-4-2)77-109-93-89(107)86(104)91(81(75-98)111-93)114-95-90(108)87(105)92(82(76-99)112-95)113-94-88(106)85(103)84(102)80(74-97)110-94/h5,7,11,13,17,19,23,25,29,31,35-36,38-39,41-42,45,47,51,53,57,59,70,72,78-82,84-95,97-100,102-108H,3-4,6,8-10,12,14-16,18,20-22,24,26-28,30,32-34,37,40,43-44,46,48-50,52,54-56,58,60-69,71,73-77H2,1-2H3,(H,96,101)/b7-5-,13-11-,19-17-,25-23-,31-29-,36-35-,39-38-,42-41-,47-45-,53-51-,59-57-,72-70+. The van der Waals surface area contributed by atoms with Gasteiger partial charge in [-0.1, -0.05) is 352 Å². The average molecular weight is 1610 g/mol. The first kappa shape index (κ1) is 104. The second kappa shape index (κ2) is 72.7. The molecule has 3 heterocycles. The lowest BCUT2D eigenvalue weighted by Crippen LogP contribution is -2.66. The Balaban J connectivity index is 1.35. The highest BCUT2D eigenvalue weighted by Gasteiger charge is 2.54. The van der Waals surface area contributed by atoms with Gasteiger partial charge in [0.05, 0.1) is 38.6 Å². The Morgan fingerprint density at radius 2 is 0.605 bits per heavy atom. The van der Waals surface area contributed by atoms with Crippen molar-refractivity contribution in [3.8, 4) is 0 Å². The lowest BCUT2D eigenvalue weighted by Gasteiger charge is -2.48. The molecule has 19 nitrogen and oxygen atoms in total. The summed E-state index contributed by atoms with van der Waals surface area (Å²) < 4.78 is 34.5. The third-order valence-corrected chi connectivity index (χ3v) is 21.4. The number of aliphatic hydroxyl groups excluding tert-OH is 11. The van der Waals surface area contributed by atoms with Crippen LogP contribution in [0.5, 0.6) is 0 Å². The molecule has 0 bridgehead atoms. The molecule has 654 valence electrons. The van der Waals surface area contributed by atoms with Gasteiger partial charge in [-0.05, 0) is 103 Å². The summed E-state index contributed by atoms with van der Waals surface area (Å²) in [7, 11) is 0. The predicted octanol–water partition coefficient (Wildman–Crippen LogP) is 17.3. The minimum atomic E-state index is -1.99. The Morgan fingerprint density at radius 1 is 0.325 bits per heavy atom. The summed E-state index contributed by atoms with van der Waals surface area (Å²) in [5, 5.41) is 121. The van der Waals surface area contributed by atoms with Crippen LogP contribution in [0.2, 0.25) is 0 Å². The molecule has 0 aromatic carbocycles. The highest BCUT2D eigenvalue weighted by atomic mass is 16.8. The summed E-state index contributed by atoms with van der Waals surface area (Å²) in [4.78, 5) is 13.5. The molecule has 0 spiro atoms. The van der Waals surface area contributed by atoms with Gasteiger partial charge in [-0.2, -0.15) is 0 Å². The molecule has 0 aliphatic carbocycles. The van der Waals surface area contributed by atoms with Gasteiger partial charge in [0.15, 0.2) is 18.9 Å². The van der Waals surface area contributed by atoms with Gasteiger partial charge in [0.25, 0.3) is 0 Å². The lowest BCUT2D eigenvalue weighted by atomic mass is 9.96. The molecule has 3 rings (SSSR count). The second-order valence-corrected chi connectivity index (χ2v) is 31.3. The Kier molecular flexibility index (Phi) is 66.2. The number of amides is 1. The van der Waals surface area contributed by atoms with Crippen LogP contribution in [0.25, 0.3) is 0 Å². The van der Waals surface area contributed by atoms with E-state index in [4.69, 9.17) is 28.4 Å². The predicted molar refractivity (Wildman–Crippen MR) is 461 cm³/mol. The zero-order valence-electron chi connectivity index (χ0n) is 70.5. The molecule has 0 saturated carbocycles. The van der Waals surface area contributed by atoms with Crippen LogP contribution in [0, 0.1) is 0 Å². The number of unbranched alkanes of at least 4 members (excludes halogenated alkanes) is 33. The van der Waals surface area contributed by atoms with Gasteiger partial charge in [0, 0.05) is 6.42 Å². The molecule has 17 atom stereocenters. The van der Waals surface area contributed by atoms with Gasteiger partial charge < -0.3 is 89.9 Å². The van der Waals surface area contributed by atoms with Crippen molar-refractivity contribution < 1.29 is 89.4 Å². The summed E-state index contributed by atoms with van der Waals surface area (Å²) in [6.45, 7) is 1.63. The monoisotopic (exact) mass is 1600 g/mol. The van der Waals surface area contributed by atoms with Crippen molar-refractivity contribution in [1.29, 1.82) is 0 Å². The smallest absolute Gasteiger partial charge is 0.220 e. The fraction of sp³-hybridized carbons (Fsp3) is 0.737. The van der Waals surface area contributed by atoms with Gasteiger partial charge in [-0.25, -0.2) is 0 Å². The summed E-state index contributed by atoms with van der Waals surface area (Å²) in [5.74, 6) is -0.297. The third-order valence-electron chi connectivity index (χ3n) is 21.4. The van der Waals surface area contributed by atoms with E-state index < -0.39 is 124 Å². The zero-order valence-corrected chi connectivity index (χ0v) is 70.5. The van der Waals surface area contributed by atoms with E-state index in [1.807, 2.05) is 6.08 Å². The first-order valence-corrected chi connectivity index (χ1v) is 45.1. The molecule has 17 unspecified atom stereocenters. The molecule has 114 heavy (non-hydrogen) atoms. The molecule has 3 aliphatic rings. The first-order valence-electron chi connectivity index (χ1n) is 45.1. The van der Waals surface area contributed by atoms with Crippen LogP contribution in [-0.4, -0.2) is 193 Å². The summed E-state index contributed by atoms with van der Waals surface area (Å²) in [5.41, 5.74) is 0. The largest absolute Gasteiger partial charge is 0.394 e. The Bertz CT molecular complexity index is 2630. The summed E-state index contributed by atoms with van der Waals surface area (Å²) >= 11 is 0. The van der Waals surface area contributed by atoms with Crippen LogP contribution in [0.4, 0.5) is 0 Å². The molecule has 3 aliphatic heterocycles. The van der Waals surface area contributed by atoms with Crippen LogP contribution in [0.3, 0.4) is 0 Å². The fourth-order valence-corrected chi connectivity index (χ4v) is 14.3. The molecule has 1 amide bonds. The number of rotatable bonds is 71. The number of carbonyl (C=O) groups is 1. The number of allylic oxidation sites excluding steroid dienone is 23. The van der Waals surface area contributed by atoms with Crippen molar-refractivity contribution in [1.82, 2.24) is 5.32 Å². The zero-order chi connectivity index (χ0) is 82.4. The number of nitrogens with one attached hydrogen (secondary N) is 1. The lowest BCUT2D eigenvalue weighted by molar-refractivity contribution is -0.379. The second-order valence-electron chi connectivity index (χ2n) is 31.3. The summed E-state index contributed by atoms with van der Waals surface area (Å²) in [6, 6.07) is -0.997. The Morgan fingerprint density at radius 3 is 0.947 bits per heavy atom. The molecule has 0 aromatic rings. The Labute approximate surface area is 689 Å². The molecule has 0 radical (unpaired) electrons. The van der Waals surface area contributed by atoms with E-state index in [1.165, 1.54) is 161 Å². The topological polar surface area (TPSA) is 307 Å². The van der Waals surface area contributed by atoms with Crippen molar-refractivity contribution in [3.63, 3.8) is 0 Å². The van der Waals surface area contributed by atoms with Gasteiger partial charge in [0.2, 0.25) is 5.91 Å². The van der Waals surface area contributed by atoms with Crippen molar-refractivity contribution in [2.45, 2.75) is 420 Å². The Hall–Kier alpha value is -4.33. The van der Waals surface area contributed by atoms with Gasteiger partial charge in [0.1, 0.15) is 73.2 Å². The average Bonchev–Trinajstić information content (AvgIpc) is 0.783. The number of carbonyl (C=O) groups excluding carboxylic acids is 1. The highest BCUT2D eigenvalue weighted by molar-refractivity contribution is 5.76. The van der Waals surface area contributed by atoms with E-state index in [-0.39, 0.29) is 18.9 Å². The van der Waals surface area contributed by atoms with E-state index in [2.05, 4.69) is 153 Å². The van der Waals surface area contributed by atoms with Crippen molar-refractivity contribution in [3.05, 3.63) is 146 Å². The van der Waals surface area contributed by atoms with Crippen LogP contribution < -0.4 is 5.32 Å². The first-order chi connectivity index (χ1) is 55.8. The number of hydrogen-bond acceptors (Lipinski definition) is 18. The van der Waals surface area contributed by atoms with Gasteiger partial charge in [-0.15, -0.1) is 0 Å². The van der Waals surface area contributed by atoms with E-state index in [1.54, 1.807) is 6.08 Å². The highest BCUT2D eigenvalue weighted by Crippen LogP contribution is 2.33. The van der Waals surface area contributed by atoms with E-state index in [9.17, 15) is 61.0 Å². The normalized spacial score (nSPS) is 25.4. The molecule has 0 aromatic heterocycles. The molecule has 12 N–H and O–H groups in total. The number of hydrogen-bond donors (Lipinski definition) is 12.